The van der Waals surface area contributed by atoms with Crippen molar-refractivity contribution in [1.82, 2.24) is 4.90 Å². The van der Waals surface area contributed by atoms with Crippen LogP contribution in [0.1, 0.15) is 33.6 Å². The molecule has 0 aromatic rings. The molecule has 1 saturated heterocycles. The number of hydrogen-bond donors (Lipinski definition) is 1. The number of rotatable bonds is 3. The second kappa shape index (κ2) is 5.48. The largest absolute Gasteiger partial charge is 0.465 e. The van der Waals surface area contributed by atoms with Crippen LogP contribution in [0.15, 0.2) is 0 Å². The van der Waals surface area contributed by atoms with Crippen molar-refractivity contribution in [2.45, 2.75) is 45.3 Å². The van der Waals surface area contributed by atoms with E-state index in [1.807, 2.05) is 20.8 Å². The minimum atomic E-state index is -3.71. The Morgan fingerprint density at radius 3 is 2.45 bits per heavy atom. The van der Waals surface area contributed by atoms with Gasteiger partial charge in [0.05, 0.1) is 6.26 Å². The quantitative estimate of drug-likeness (QED) is 0.804. The van der Waals surface area contributed by atoms with Crippen LogP contribution >= 0.6 is 0 Å². The summed E-state index contributed by atoms with van der Waals surface area (Å²) in [5.74, 6) is 0. The number of carbonyl (C=O) groups is 1. The minimum Gasteiger partial charge on any atom is -0.465 e. The fourth-order valence-electron chi connectivity index (χ4n) is 2.38. The molecule has 0 aromatic heterocycles. The van der Waals surface area contributed by atoms with Crippen molar-refractivity contribution in [2.75, 3.05) is 19.4 Å². The standard InChI is InChI=1S/C12H22FNO5S/c1-11(2,3)9-7-12(13,8-19-20(4,17)18)5-6-14(9)10(15)16/h9H,5-8H2,1-4H3,(H,15,16). The predicted molar refractivity (Wildman–Crippen MR) is 71.8 cm³/mol. The van der Waals surface area contributed by atoms with E-state index in [-0.39, 0.29) is 19.4 Å². The molecular formula is C12H22FNO5S. The molecule has 0 aromatic carbocycles. The molecule has 2 atom stereocenters. The first-order chi connectivity index (χ1) is 8.84. The first-order valence-corrected chi connectivity index (χ1v) is 8.19. The van der Waals surface area contributed by atoms with E-state index in [1.54, 1.807) is 0 Å². The second-order valence-corrected chi connectivity index (χ2v) is 8.07. The molecule has 2 unspecified atom stereocenters. The lowest BCUT2D eigenvalue weighted by atomic mass is 9.76. The lowest BCUT2D eigenvalue weighted by Gasteiger charge is -2.46. The molecule has 1 rings (SSSR count). The van der Waals surface area contributed by atoms with E-state index in [4.69, 9.17) is 0 Å². The summed E-state index contributed by atoms with van der Waals surface area (Å²) >= 11 is 0. The summed E-state index contributed by atoms with van der Waals surface area (Å²) in [6, 6.07) is -0.526. The smallest absolute Gasteiger partial charge is 0.407 e. The third kappa shape index (κ3) is 4.59. The molecular weight excluding hydrogens is 289 g/mol. The fourth-order valence-corrected chi connectivity index (χ4v) is 2.81. The molecule has 0 bridgehead atoms. The van der Waals surface area contributed by atoms with E-state index in [0.717, 1.165) is 6.26 Å². The van der Waals surface area contributed by atoms with Crippen LogP contribution in [0.5, 0.6) is 0 Å². The van der Waals surface area contributed by atoms with Gasteiger partial charge in [-0.15, -0.1) is 0 Å². The molecule has 0 spiro atoms. The van der Waals surface area contributed by atoms with Gasteiger partial charge in [0.2, 0.25) is 0 Å². The van der Waals surface area contributed by atoms with E-state index in [9.17, 15) is 22.7 Å². The fraction of sp³-hybridized carbons (Fsp3) is 0.917. The molecule has 1 aliphatic rings. The van der Waals surface area contributed by atoms with E-state index < -0.39 is 39.9 Å². The van der Waals surface area contributed by atoms with Crippen molar-refractivity contribution in [3.63, 3.8) is 0 Å². The Balaban J connectivity index is 2.88. The molecule has 20 heavy (non-hydrogen) atoms. The van der Waals surface area contributed by atoms with Gasteiger partial charge in [0.1, 0.15) is 12.3 Å². The van der Waals surface area contributed by atoms with Gasteiger partial charge in [-0.05, 0) is 5.41 Å². The maximum Gasteiger partial charge on any atom is 0.407 e. The number of piperidine rings is 1. The Hall–Kier alpha value is -0.890. The Bertz CT molecular complexity index is 473. The van der Waals surface area contributed by atoms with Crippen LogP contribution in [0.3, 0.4) is 0 Å². The minimum absolute atomic E-state index is 0.0287. The number of likely N-dealkylation sites (tertiary alicyclic amines) is 1. The molecule has 0 saturated carbocycles. The number of hydrogen-bond acceptors (Lipinski definition) is 4. The number of halogens is 1. The zero-order valence-corrected chi connectivity index (χ0v) is 13.0. The van der Waals surface area contributed by atoms with Gasteiger partial charge in [-0.1, -0.05) is 20.8 Å². The van der Waals surface area contributed by atoms with E-state index in [2.05, 4.69) is 4.18 Å². The van der Waals surface area contributed by atoms with Crippen LogP contribution in [-0.2, 0) is 14.3 Å². The van der Waals surface area contributed by atoms with Gasteiger partial charge in [-0.2, -0.15) is 8.42 Å². The molecule has 1 fully saturated rings. The lowest BCUT2D eigenvalue weighted by molar-refractivity contribution is -0.0345. The summed E-state index contributed by atoms with van der Waals surface area (Å²) in [5.41, 5.74) is -2.27. The summed E-state index contributed by atoms with van der Waals surface area (Å²) in [6.45, 7) is 4.96. The highest BCUT2D eigenvalue weighted by atomic mass is 32.2. The van der Waals surface area contributed by atoms with Gasteiger partial charge in [0.25, 0.3) is 10.1 Å². The second-order valence-electron chi connectivity index (χ2n) is 6.43. The van der Waals surface area contributed by atoms with Crippen LogP contribution in [0.4, 0.5) is 9.18 Å². The summed E-state index contributed by atoms with van der Waals surface area (Å²) in [5, 5.41) is 9.18. The zero-order chi connectivity index (χ0) is 15.8. The number of amides is 1. The first kappa shape index (κ1) is 17.2. The van der Waals surface area contributed by atoms with E-state index in [0.29, 0.717) is 0 Å². The molecule has 8 heteroatoms. The van der Waals surface area contributed by atoms with Crippen LogP contribution in [0.2, 0.25) is 0 Å². The summed E-state index contributed by atoms with van der Waals surface area (Å²) in [7, 11) is -3.71. The van der Waals surface area contributed by atoms with Crippen molar-refractivity contribution < 1.29 is 26.9 Å². The summed E-state index contributed by atoms with van der Waals surface area (Å²) in [6.07, 6.45) is -0.361. The predicted octanol–water partition coefficient (Wildman–Crippen LogP) is 1.86. The third-order valence-electron chi connectivity index (χ3n) is 3.51. The molecule has 6 nitrogen and oxygen atoms in total. The molecule has 1 heterocycles. The maximum absolute atomic E-state index is 14.7. The van der Waals surface area contributed by atoms with Crippen LogP contribution in [0, 0.1) is 5.41 Å². The van der Waals surface area contributed by atoms with Gasteiger partial charge in [0, 0.05) is 25.4 Å². The topological polar surface area (TPSA) is 83.9 Å². The molecule has 118 valence electrons. The lowest BCUT2D eigenvalue weighted by Crippen LogP contribution is -2.56. The molecule has 1 amide bonds. The zero-order valence-electron chi connectivity index (χ0n) is 12.2. The van der Waals surface area contributed by atoms with Crippen LogP contribution < -0.4 is 0 Å². The highest BCUT2D eigenvalue weighted by Gasteiger charge is 2.46. The van der Waals surface area contributed by atoms with Gasteiger partial charge in [-0.3, -0.25) is 4.18 Å². The van der Waals surface area contributed by atoms with Crippen molar-refractivity contribution >= 4 is 16.2 Å². The number of alkyl halides is 1. The SMILES string of the molecule is CC(C)(C)C1CC(F)(COS(C)(=O)=O)CCN1C(=O)O. The van der Waals surface area contributed by atoms with Gasteiger partial charge < -0.3 is 10.0 Å². The summed E-state index contributed by atoms with van der Waals surface area (Å²) < 4.78 is 41.2. The Morgan fingerprint density at radius 2 is 2.05 bits per heavy atom. The van der Waals surface area contributed by atoms with Crippen molar-refractivity contribution in [2.24, 2.45) is 5.41 Å². The van der Waals surface area contributed by atoms with Gasteiger partial charge in [0.15, 0.2) is 0 Å². The average molecular weight is 311 g/mol. The highest BCUT2D eigenvalue weighted by molar-refractivity contribution is 7.85. The van der Waals surface area contributed by atoms with E-state index in [1.165, 1.54) is 4.90 Å². The van der Waals surface area contributed by atoms with E-state index >= 15 is 0 Å². The monoisotopic (exact) mass is 311 g/mol. The molecule has 0 radical (unpaired) electrons. The van der Waals surface area contributed by atoms with Crippen LogP contribution in [0.25, 0.3) is 0 Å². The molecule has 1 aliphatic heterocycles. The van der Waals surface area contributed by atoms with Gasteiger partial charge in [-0.25, -0.2) is 9.18 Å². The van der Waals surface area contributed by atoms with Crippen molar-refractivity contribution in [3.8, 4) is 0 Å². The highest BCUT2D eigenvalue weighted by Crippen LogP contribution is 2.39. The maximum atomic E-state index is 14.7. The van der Waals surface area contributed by atoms with Crippen molar-refractivity contribution in [1.29, 1.82) is 0 Å². The first-order valence-electron chi connectivity index (χ1n) is 6.37. The Labute approximate surface area is 119 Å². The summed E-state index contributed by atoms with van der Waals surface area (Å²) in [4.78, 5) is 12.4. The van der Waals surface area contributed by atoms with Gasteiger partial charge >= 0.3 is 6.09 Å². The Morgan fingerprint density at radius 1 is 1.50 bits per heavy atom. The normalized spacial score (nSPS) is 28.4. The third-order valence-corrected chi connectivity index (χ3v) is 4.06. The van der Waals surface area contributed by atoms with Crippen LogP contribution in [-0.4, -0.2) is 55.6 Å². The number of carboxylic acid groups (broad SMARTS) is 1. The average Bonchev–Trinajstić information content (AvgIpc) is 2.24. The Kier molecular flexibility index (Phi) is 4.70. The number of nitrogens with zero attached hydrogens (tertiary/aromatic N) is 1. The van der Waals surface area contributed by atoms with Crippen molar-refractivity contribution in [3.05, 3.63) is 0 Å². The molecule has 0 aliphatic carbocycles. The molecule has 1 N–H and O–H groups in total.